The van der Waals surface area contributed by atoms with Gasteiger partial charge < -0.3 is 14.4 Å². The summed E-state index contributed by atoms with van der Waals surface area (Å²) >= 11 is 0. The zero-order valence-electron chi connectivity index (χ0n) is 22.4. The normalized spacial score (nSPS) is 21.2. The molecule has 1 fully saturated rings. The third kappa shape index (κ3) is 5.18. The first-order valence-corrected chi connectivity index (χ1v) is 13.0. The zero-order valence-corrected chi connectivity index (χ0v) is 22.4. The Bertz CT molecular complexity index is 1430. The van der Waals surface area contributed by atoms with E-state index in [4.69, 9.17) is 14.5 Å². The van der Waals surface area contributed by atoms with Crippen LogP contribution in [0.1, 0.15) is 44.0 Å². The lowest BCUT2D eigenvalue weighted by molar-refractivity contribution is -0.161. The number of ether oxygens (including phenoxy) is 2. The van der Waals surface area contributed by atoms with Crippen molar-refractivity contribution in [3.8, 4) is 11.1 Å². The highest BCUT2D eigenvalue weighted by Gasteiger charge is 2.54. The van der Waals surface area contributed by atoms with Gasteiger partial charge in [-0.2, -0.15) is 13.2 Å². The van der Waals surface area contributed by atoms with Crippen LogP contribution in [0.5, 0.6) is 0 Å². The molecule has 1 amide bonds. The van der Waals surface area contributed by atoms with E-state index < -0.39 is 28.8 Å². The molecule has 39 heavy (non-hydrogen) atoms. The molecule has 2 atom stereocenters. The Morgan fingerprint density at radius 1 is 1.03 bits per heavy atom. The van der Waals surface area contributed by atoms with E-state index in [1.165, 1.54) is 19.2 Å². The Morgan fingerprint density at radius 2 is 1.72 bits per heavy atom. The smallest absolute Gasteiger partial charge is 0.416 e. The molecule has 0 N–H and O–H groups in total. The number of benzene rings is 2. The molecule has 206 valence electrons. The lowest BCUT2D eigenvalue weighted by atomic mass is 9.62. The Balaban J connectivity index is 1.49. The fraction of sp³-hybridized carbons (Fsp3) is 0.433. The van der Waals surface area contributed by atoms with Crippen LogP contribution in [-0.2, 0) is 33.3 Å². The summed E-state index contributed by atoms with van der Waals surface area (Å²) in [6.45, 7) is 6.10. The van der Waals surface area contributed by atoms with E-state index in [0.29, 0.717) is 31.4 Å². The number of aromatic nitrogens is 1. The van der Waals surface area contributed by atoms with Gasteiger partial charge in [-0.25, -0.2) is 4.79 Å². The molecule has 1 aromatic heterocycles. The summed E-state index contributed by atoms with van der Waals surface area (Å²) in [6.07, 6.45) is -3.26. The predicted molar refractivity (Wildman–Crippen MR) is 140 cm³/mol. The Morgan fingerprint density at radius 3 is 2.36 bits per heavy atom. The number of hydrogen-bond acceptors (Lipinski definition) is 5. The minimum atomic E-state index is -4.39. The van der Waals surface area contributed by atoms with Crippen molar-refractivity contribution in [3.63, 3.8) is 0 Å². The maximum atomic E-state index is 13.3. The van der Waals surface area contributed by atoms with E-state index in [9.17, 15) is 22.8 Å². The average molecular weight is 541 g/mol. The molecular formula is C30H31F3N2O4. The average Bonchev–Trinajstić information content (AvgIpc) is 2.88. The molecule has 1 aliphatic heterocycles. The first-order chi connectivity index (χ1) is 18.3. The van der Waals surface area contributed by atoms with Crippen LogP contribution in [0.15, 0.2) is 48.5 Å². The van der Waals surface area contributed by atoms with Crippen LogP contribution in [-0.4, -0.2) is 47.7 Å². The van der Waals surface area contributed by atoms with E-state index >= 15 is 0 Å². The van der Waals surface area contributed by atoms with Gasteiger partial charge in [-0.3, -0.25) is 9.78 Å². The molecule has 3 aromatic rings. The van der Waals surface area contributed by atoms with Crippen molar-refractivity contribution in [1.82, 2.24) is 9.88 Å². The zero-order chi connectivity index (χ0) is 28.2. The van der Waals surface area contributed by atoms with Gasteiger partial charge in [0.1, 0.15) is 5.60 Å². The number of piperidine rings is 1. The highest BCUT2D eigenvalue weighted by Crippen LogP contribution is 2.46. The van der Waals surface area contributed by atoms with Crippen molar-refractivity contribution >= 4 is 23.0 Å². The first-order valence-electron chi connectivity index (χ1n) is 13.0. The Labute approximate surface area is 225 Å². The molecule has 0 bridgehead atoms. The van der Waals surface area contributed by atoms with Gasteiger partial charge in [-0.1, -0.05) is 18.2 Å². The first kappa shape index (κ1) is 27.0. The quantitative estimate of drug-likeness (QED) is 0.350. The van der Waals surface area contributed by atoms with E-state index in [2.05, 4.69) is 0 Å². The minimum absolute atomic E-state index is 0.0347. The van der Waals surface area contributed by atoms with Crippen LogP contribution in [0.2, 0.25) is 0 Å². The van der Waals surface area contributed by atoms with Crippen molar-refractivity contribution in [2.75, 3.05) is 20.2 Å². The number of esters is 1. The number of carbonyl (C=O) groups excluding carboxylic acids is 2. The largest absolute Gasteiger partial charge is 0.469 e. The van der Waals surface area contributed by atoms with Crippen molar-refractivity contribution in [1.29, 1.82) is 0 Å². The van der Waals surface area contributed by atoms with Crippen LogP contribution < -0.4 is 0 Å². The molecule has 0 spiro atoms. The minimum Gasteiger partial charge on any atom is -0.469 e. The maximum absolute atomic E-state index is 13.3. The number of methoxy groups -OCH3 is 1. The summed E-state index contributed by atoms with van der Waals surface area (Å²) in [5, 5.41) is 0.824. The van der Waals surface area contributed by atoms with Gasteiger partial charge in [-0.05, 0) is 93.0 Å². The summed E-state index contributed by atoms with van der Waals surface area (Å²) in [6, 6.07) is 12.7. The van der Waals surface area contributed by atoms with E-state index in [1.807, 2.05) is 24.3 Å². The second-order valence-corrected chi connectivity index (χ2v) is 11.5. The number of fused-ring (bicyclic) bond motifs is 3. The summed E-state index contributed by atoms with van der Waals surface area (Å²) in [7, 11) is 1.37. The van der Waals surface area contributed by atoms with Gasteiger partial charge in [0.15, 0.2) is 0 Å². The number of pyridine rings is 1. The topological polar surface area (TPSA) is 68.7 Å². The second-order valence-electron chi connectivity index (χ2n) is 11.5. The summed E-state index contributed by atoms with van der Waals surface area (Å²) in [4.78, 5) is 32.7. The van der Waals surface area contributed by atoms with Crippen LogP contribution in [0.3, 0.4) is 0 Å². The standard InChI is InChI=1S/C30H31F3N2O4/c1-28(2,3)39-27(37)35-12-11-23-15-25-21(16-29(23,17-35)26(36)38-4)14-20-13-19(7-10-24(20)34-25)18-5-8-22(9-6-18)30(31,32)33/h5-10,13-14,23H,11-12,15-17H2,1-4H3/t23-,29-/m0/s1. The lowest BCUT2D eigenvalue weighted by Gasteiger charge is -2.48. The molecule has 9 heteroatoms. The van der Waals surface area contributed by atoms with Crippen LogP contribution >= 0.6 is 0 Å². The van der Waals surface area contributed by atoms with E-state index in [-0.39, 0.29) is 18.4 Å². The number of alkyl halides is 3. The summed E-state index contributed by atoms with van der Waals surface area (Å²) in [5.74, 6) is -0.391. The molecule has 2 aliphatic rings. The van der Waals surface area contributed by atoms with Crippen LogP contribution in [0, 0.1) is 11.3 Å². The number of amides is 1. The van der Waals surface area contributed by atoms with Gasteiger partial charge in [-0.15, -0.1) is 0 Å². The number of carbonyl (C=O) groups is 2. The number of hydrogen-bond donors (Lipinski definition) is 0. The Hall–Kier alpha value is -3.62. The van der Waals surface area contributed by atoms with Gasteiger partial charge in [0.2, 0.25) is 0 Å². The molecule has 6 nitrogen and oxygen atoms in total. The molecule has 2 heterocycles. The molecule has 0 saturated carbocycles. The third-order valence-corrected chi connectivity index (χ3v) is 7.72. The van der Waals surface area contributed by atoms with Crippen LogP contribution in [0.25, 0.3) is 22.0 Å². The highest BCUT2D eigenvalue weighted by molar-refractivity contribution is 5.86. The van der Waals surface area contributed by atoms with Crippen molar-refractivity contribution < 1.29 is 32.2 Å². The molecule has 1 saturated heterocycles. The fourth-order valence-electron chi connectivity index (χ4n) is 5.82. The van der Waals surface area contributed by atoms with Gasteiger partial charge >= 0.3 is 18.2 Å². The predicted octanol–water partition coefficient (Wildman–Crippen LogP) is 6.44. The van der Waals surface area contributed by atoms with Crippen molar-refractivity contribution in [2.45, 2.75) is 51.8 Å². The summed E-state index contributed by atoms with van der Waals surface area (Å²) < 4.78 is 49.8. The van der Waals surface area contributed by atoms with Gasteiger partial charge in [0.05, 0.1) is 23.6 Å². The second kappa shape index (κ2) is 9.54. The number of likely N-dealkylation sites (tertiary alicyclic amines) is 1. The maximum Gasteiger partial charge on any atom is 0.416 e. The van der Waals surface area contributed by atoms with Crippen LogP contribution in [0.4, 0.5) is 18.0 Å². The molecule has 1 aliphatic carbocycles. The number of nitrogens with zero attached hydrogens (tertiary/aromatic N) is 2. The third-order valence-electron chi connectivity index (χ3n) is 7.72. The van der Waals surface area contributed by atoms with Crippen molar-refractivity contribution in [3.05, 3.63) is 65.4 Å². The molecule has 0 radical (unpaired) electrons. The summed E-state index contributed by atoms with van der Waals surface area (Å²) in [5.41, 5.74) is 1.76. The lowest BCUT2D eigenvalue weighted by Crippen LogP contribution is -2.58. The van der Waals surface area contributed by atoms with Gasteiger partial charge in [0.25, 0.3) is 0 Å². The molecule has 0 unspecified atom stereocenters. The number of halogens is 3. The van der Waals surface area contributed by atoms with Gasteiger partial charge in [0, 0.05) is 24.2 Å². The molecule has 5 rings (SSSR count). The monoisotopic (exact) mass is 540 g/mol. The number of rotatable bonds is 2. The highest BCUT2D eigenvalue weighted by atomic mass is 19.4. The van der Waals surface area contributed by atoms with E-state index in [1.54, 1.807) is 25.7 Å². The Kier molecular flexibility index (Phi) is 6.59. The SMILES string of the molecule is COC(=O)[C@]12Cc3cc4cc(-c5ccc(C(F)(F)F)cc5)ccc4nc3C[C@@H]1CCN(C(=O)OC(C)(C)C)C2. The fourth-order valence-corrected chi connectivity index (χ4v) is 5.82. The van der Waals surface area contributed by atoms with E-state index in [0.717, 1.165) is 39.9 Å². The van der Waals surface area contributed by atoms with Crippen molar-refractivity contribution in [2.24, 2.45) is 11.3 Å². The molecular weight excluding hydrogens is 509 g/mol. The molecule has 2 aromatic carbocycles.